The smallest absolute Gasteiger partial charge is 0.349 e. The van der Waals surface area contributed by atoms with Crippen molar-refractivity contribution in [3.8, 4) is 17.2 Å². The summed E-state index contributed by atoms with van der Waals surface area (Å²) < 4.78 is 16.8. The Morgan fingerprint density at radius 3 is 2.14 bits per heavy atom. The monoisotopic (exact) mass is 364 g/mol. The number of halogens is 1. The number of hydrogen-bond donors (Lipinski definition) is 0. The normalized spacial score (nSPS) is 10.2. The lowest BCUT2D eigenvalue weighted by atomic mass is 10.1. The van der Waals surface area contributed by atoms with Crippen molar-refractivity contribution in [3.05, 3.63) is 52.0 Å². The van der Waals surface area contributed by atoms with Crippen LogP contribution in [0.15, 0.2) is 40.9 Å². The highest BCUT2D eigenvalue weighted by molar-refractivity contribution is 9.10. The second-order valence-corrected chi connectivity index (χ2v) is 5.72. The lowest BCUT2D eigenvalue weighted by Gasteiger charge is -2.12. The lowest BCUT2D eigenvalue weighted by Crippen LogP contribution is -2.18. The Kier molecular flexibility index (Phi) is 5.44. The molecule has 0 N–H and O–H groups in total. The molecule has 0 aliphatic heterocycles. The zero-order chi connectivity index (χ0) is 16.1. The first kappa shape index (κ1) is 16.4. The minimum atomic E-state index is -0.440. The van der Waals surface area contributed by atoms with Gasteiger partial charge < -0.3 is 14.2 Å². The van der Waals surface area contributed by atoms with Gasteiger partial charge in [-0.05, 0) is 61.4 Å². The minimum Gasteiger partial charge on any atom is -0.497 e. The summed E-state index contributed by atoms with van der Waals surface area (Å²) in [4.78, 5) is 11.9. The van der Waals surface area contributed by atoms with Crippen LogP contribution in [-0.4, -0.2) is 19.7 Å². The fourth-order valence-corrected chi connectivity index (χ4v) is 2.70. The van der Waals surface area contributed by atoms with E-state index < -0.39 is 5.97 Å². The molecule has 22 heavy (non-hydrogen) atoms. The standard InChI is InChI=1S/C17H17BrO4/c1-11-8-13(18)9-12(2)17(11)22-16(19)10-21-15-6-4-14(20-3)5-7-15/h4-9H,10H2,1-3H3. The average molecular weight is 365 g/mol. The Labute approximate surface area is 138 Å². The van der Waals surface area contributed by atoms with Crippen molar-refractivity contribution in [2.45, 2.75) is 13.8 Å². The van der Waals surface area contributed by atoms with E-state index in [1.807, 2.05) is 26.0 Å². The van der Waals surface area contributed by atoms with Gasteiger partial charge >= 0.3 is 5.97 Å². The summed E-state index contributed by atoms with van der Waals surface area (Å²) in [6.07, 6.45) is 0. The van der Waals surface area contributed by atoms with Gasteiger partial charge in [-0.15, -0.1) is 0 Å². The van der Waals surface area contributed by atoms with Gasteiger partial charge in [0.2, 0.25) is 0 Å². The van der Waals surface area contributed by atoms with Gasteiger partial charge in [0.15, 0.2) is 6.61 Å². The van der Waals surface area contributed by atoms with Gasteiger partial charge in [-0.2, -0.15) is 0 Å². The van der Waals surface area contributed by atoms with Gasteiger partial charge in [-0.25, -0.2) is 4.79 Å². The molecule has 0 fully saturated rings. The summed E-state index contributed by atoms with van der Waals surface area (Å²) in [5.41, 5.74) is 1.79. The predicted molar refractivity (Wildman–Crippen MR) is 87.7 cm³/mol. The Morgan fingerprint density at radius 1 is 1.05 bits per heavy atom. The second-order valence-electron chi connectivity index (χ2n) is 4.81. The van der Waals surface area contributed by atoms with Gasteiger partial charge in [-0.3, -0.25) is 0 Å². The number of rotatable bonds is 5. The van der Waals surface area contributed by atoms with E-state index >= 15 is 0 Å². The first-order valence-electron chi connectivity index (χ1n) is 6.74. The molecule has 0 saturated carbocycles. The zero-order valence-corrected chi connectivity index (χ0v) is 14.3. The van der Waals surface area contributed by atoms with E-state index in [1.54, 1.807) is 31.4 Å². The second kappa shape index (κ2) is 7.31. The van der Waals surface area contributed by atoms with Crippen LogP contribution in [0.25, 0.3) is 0 Å². The van der Waals surface area contributed by atoms with Crippen molar-refractivity contribution in [1.82, 2.24) is 0 Å². The molecule has 2 rings (SSSR count). The molecule has 0 atom stereocenters. The molecular formula is C17H17BrO4. The molecule has 4 nitrogen and oxygen atoms in total. The number of esters is 1. The van der Waals surface area contributed by atoms with E-state index in [4.69, 9.17) is 14.2 Å². The van der Waals surface area contributed by atoms with Crippen molar-refractivity contribution < 1.29 is 19.0 Å². The van der Waals surface area contributed by atoms with E-state index in [9.17, 15) is 4.79 Å². The van der Waals surface area contributed by atoms with E-state index in [-0.39, 0.29) is 6.61 Å². The van der Waals surface area contributed by atoms with Crippen LogP contribution in [0.2, 0.25) is 0 Å². The number of benzene rings is 2. The van der Waals surface area contributed by atoms with Gasteiger partial charge in [0.25, 0.3) is 0 Å². The van der Waals surface area contributed by atoms with Crippen molar-refractivity contribution in [2.75, 3.05) is 13.7 Å². The van der Waals surface area contributed by atoms with E-state index in [2.05, 4.69) is 15.9 Å². The molecule has 0 heterocycles. The number of carbonyl (C=O) groups is 1. The highest BCUT2D eigenvalue weighted by atomic mass is 79.9. The highest BCUT2D eigenvalue weighted by Gasteiger charge is 2.11. The van der Waals surface area contributed by atoms with Crippen LogP contribution >= 0.6 is 15.9 Å². The molecule has 0 aliphatic rings. The van der Waals surface area contributed by atoms with Gasteiger partial charge in [0.1, 0.15) is 17.2 Å². The minimum absolute atomic E-state index is 0.152. The molecule has 2 aromatic carbocycles. The van der Waals surface area contributed by atoms with Gasteiger partial charge in [-0.1, -0.05) is 15.9 Å². The van der Waals surface area contributed by atoms with Crippen molar-refractivity contribution >= 4 is 21.9 Å². The van der Waals surface area contributed by atoms with Crippen LogP contribution in [0.4, 0.5) is 0 Å². The number of hydrogen-bond acceptors (Lipinski definition) is 4. The number of methoxy groups -OCH3 is 1. The third kappa shape index (κ3) is 4.24. The Morgan fingerprint density at radius 2 is 1.59 bits per heavy atom. The maximum absolute atomic E-state index is 11.9. The van der Waals surface area contributed by atoms with Crippen molar-refractivity contribution in [2.24, 2.45) is 0 Å². The molecule has 2 aromatic rings. The first-order valence-corrected chi connectivity index (χ1v) is 7.53. The van der Waals surface area contributed by atoms with Crippen LogP contribution in [0.1, 0.15) is 11.1 Å². The molecule has 0 amide bonds. The molecule has 0 unspecified atom stereocenters. The zero-order valence-electron chi connectivity index (χ0n) is 12.7. The maximum atomic E-state index is 11.9. The molecule has 0 bridgehead atoms. The fourth-order valence-electron chi connectivity index (χ4n) is 2.02. The van der Waals surface area contributed by atoms with Crippen LogP contribution < -0.4 is 14.2 Å². The van der Waals surface area contributed by atoms with Crippen molar-refractivity contribution in [3.63, 3.8) is 0 Å². The SMILES string of the molecule is COc1ccc(OCC(=O)Oc2c(C)cc(Br)cc2C)cc1. The Hall–Kier alpha value is -2.01. The molecular weight excluding hydrogens is 348 g/mol. The summed E-state index contributed by atoms with van der Waals surface area (Å²) >= 11 is 3.41. The number of ether oxygens (including phenoxy) is 3. The van der Waals surface area contributed by atoms with E-state index in [1.165, 1.54) is 0 Å². The predicted octanol–water partition coefficient (Wildman–Crippen LogP) is 4.06. The topological polar surface area (TPSA) is 44.8 Å². The molecule has 0 radical (unpaired) electrons. The molecule has 116 valence electrons. The van der Waals surface area contributed by atoms with Crippen LogP contribution in [0.3, 0.4) is 0 Å². The Balaban J connectivity index is 1.95. The Bertz CT molecular complexity index is 642. The van der Waals surface area contributed by atoms with Crippen LogP contribution in [-0.2, 0) is 4.79 Å². The average Bonchev–Trinajstić information content (AvgIpc) is 2.49. The molecule has 0 aromatic heterocycles. The maximum Gasteiger partial charge on any atom is 0.349 e. The van der Waals surface area contributed by atoms with Crippen LogP contribution in [0, 0.1) is 13.8 Å². The quantitative estimate of drug-likeness (QED) is 0.592. The van der Waals surface area contributed by atoms with E-state index in [0.29, 0.717) is 11.5 Å². The largest absolute Gasteiger partial charge is 0.497 e. The molecule has 5 heteroatoms. The summed E-state index contributed by atoms with van der Waals surface area (Å²) in [5.74, 6) is 1.45. The highest BCUT2D eigenvalue weighted by Crippen LogP contribution is 2.27. The summed E-state index contributed by atoms with van der Waals surface area (Å²) in [6, 6.07) is 10.8. The summed E-state index contributed by atoms with van der Waals surface area (Å²) in [7, 11) is 1.59. The molecule has 0 aliphatic carbocycles. The van der Waals surface area contributed by atoms with E-state index in [0.717, 1.165) is 21.3 Å². The third-order valence-corrected chi connectivity index (χ3v) is 3.51. The lowest BCUT2D eigenvalue weighted by molar-refractivity contribution is -0.136. The number of carbonyl (C=O) groups excluding carboxylic acids is 1. The first-order chi connectivity index (χ1) is 10.5. The van der Waals surface area contributed by atoms with Gasteiger partial charge in [0.05, 0.1) is 7.11 Å². The van der Waals surface area contributed by atoms with Gasteiger partial charge in [0, 0.05) is 4.47 Å². The fraction of sp³-hybridized carbons (Fsp3) is 0.235. The van der Waals surface area contributed by atoms with Crippen molar-refractivity contribution in [1.29, 1.82) is 0 Å². The molecule has 0 saturated heterocycles. The summed E-state index contributed by atoms with van der Waals surface area (Å²) in [6.45, 7) is 3.64. The molecule has 0 spiro atoms. The third-order valence-electron chi connectivity index (χ3n) is 3.06. The van der Waals surface area contributed by atoms with Crippen LogP contribution in [0.5, 0.6) is 17.2 Å². The summed E-state index contributed by atoms with van der Waals surface area (Å²) in [5, 5.41) is 0. The number of aryl methyl sites for hydroxylation is 2.